The third-order valence-electron chi connectivity index (χ3n) is 4.48. The van der Waals surface area contributed by atoms with Crippen molar-refractivity contribution in [3.63, 3.8) is 0 Å². The molecule has 3 rings (SSSR count). The minimum Gasteiger partial charge on any atom is -0.389 e. The van der Waals surface area contributed by atoms with Crippen LogP contribution < -0.4 is 0 Å². The maximum Gasteiger partial charge on any atom is 0.233 e. The van der Waals surface area contributed by atoms with Gasteiger partial charge in [-0.15, -0.1) is 0 Å². The molecule has 3 atom stereocenters. The average Bonchev–Trinajstić information content (AvgIpc) is 2.82. The predicted octanol–water partition coefficient (Wildman–Crippen LogP) is 2.17. The average molecular weight is 350 g/mol. The number of benzene rings is 1. The lowest BCUT2D eigenvalue weighted by Crippen LogP contribution is -2.39. The lowest BCUT2D eigenvalue weighted by atomic mass is 9.85. The van der Waals surface area contributed by atoms with Crippen LogP contribution in [0.3, 0.4) is 0 Å². The Kier molecular flexibility index (Phi) is 5.33. The van der Waals surface area contributed by atoms with Crippen molar-refractivity contribution in [3.05, 3.63) is 47.0 Å². The van der Waals surface area contributed by atoms with E-state index in [9.17, 15) is 14.7 Å². The zero-order valence-electron chi connectivity index (χ0n) is 13.2. The maximum absolute atomic E-state index is 12.3. The SMILES string of the molecule is O=C1[C@H]2CC=CC[C@H]2C(=O)N1C[C@H](O)COCc1ccc(Cl)cc1. The van der Waals surface area contributed by atoms with Gasteiger partial charge in [-0.25, -0.2) is 0 Å². The molecule has 1 fully saturated rings. The molecule has 0 saturated carbocycles. The van der Waals surface area contributed by atoms with Crippen molar-refractivity contribution < 1.29 is 19.4 Å². The molecule has 2 aliphatic rings. The minimum atomic E-state index is -0.890. The third kappa shape index (κ3) is 3.69. The number of imide groups is 1. The van der Waals surface area contributed by atoms with E-state index < -0.39 is 6.10 Å². The number of β-amino-alcohol motifs (C(OH)–C–C–N with tert-alkyl or cyclic N) is 1. The van der Waals surface area contributed by atoms with Gasteiger partial charge in [-0.05, 0) is 30.5 Å². The molecule has 1 aromatic rings. The highest BCUT2D eigenvalue weighted by Crippen LogP contribution is 2.35. The molecule has 5 nitrogen and oxygen atoms in total. The number of rotatable bonds is 6. The highest BCUT2D eigenvalue weighted by Gasteiger charge is 2.47. The van der Waals surface area contributed by atoms with Crippen LogP contribution in [0.2, 0.25) is 5.02 Å². The Labute approximate surface area is 145 Å². The van der Waals surface area contributed by atoms with Gasteiger partial charge in [0.05, 0.1) is 37.7 Å². The number of amides is 2. The number of carbonyl (C=O) groups excluding carboxylic acids is 2. The molecule has 0 unspecified atom stereocenters. The number of nitrogens with zero attached hydrogens (tertiary/aromatic N) is 1. The van der Waals surface area contributed by atoms with E-state index in [1.165, 1.54) is 4.90 Å². The largest absolute Gasteiger partial charge is 0.389 e. The molecule has 1 N–H and O–H groups in total. The molecule has 1 saturated heterocycles. The van der Waals surface area contributed by atoms with Crippen LogP contribution in [-0.2, 0) is 20.9 Å². The molecule has 0 bridgehead atoms. The Balaban J connectivity index is 1.48. The van der Waals surface area contributed by atoms with Crippen LogP contribution >= 0.6 is 11.6 Å². The molecule has 0 radical (unpaired) electrons. The molecule has 0 aromatic heterocycles. The first-order valence-electron chi connectivity index (χ1n) is 8.06. The Morgan fingerprint density at radius 3 is 2.29 bits per heavy atom. The highest BCUT2D eigenvalue weighted by atomic mass is 35.5. The predicted molar refractivity (Wildman–Crippen MR) is 89.2 cm³/mol. The van der Waals surface area contributed by atoms with Gasteiger partial charge in [-0.2, -0.15) is 0 Å². The van der Waals surface area contributed by atoms with Gasteiger partial charge in [0, 0.05) is 5.02 Å². The summed E-state index contributed by atoms with van der Waals surface area (Å²) in [5.74, 6) is -0.869. The van der Waals surface area contributed by atoms with Gasteiger partial charge in [0.25, 0.3) is 0 Å². The number of allylic oxidation sites excluding steroid dienone is 2. The lowest BCUT2D eigenvalue weighted by molar-refractivity contribution is -0.142. The summed E-state index contributed by atoms with van der Waals surface area (Å²) in [7, 11) is 0. The van der Waals surface area contributed by atoms with Crippen molar-refractivity contribution in [2.24, 2.45) is 11.8 Å². The van der Waals surface area contributed by atoms with Crippen molar-refractivity contribution in [3.8, 4) is 0 Å². The number of halogens is 1. The van der Waals surface area contributed by atoms with Crippen molar-refractivity contribution in [1.29, 1.82) is 0 Å². The molecule has 6 heteroatoms. The highest BCUT2D eigenvalue weighted by molar-refractivity contribution is 6.30. The number of ether oxygens (including phenoxy) is 1. The summed E-state index contributed by atoms with van der Waals surface area (Å²) in [6.45, 7) is 0.393. The number of aliphatic hydroxyl groups is 1. The number of hydrogen-bond donors (Lipinski definition) is 1. The second-order valence-electron chi connectivity index (χ2n) is 6.24. The monoisotopic (exact) mass is 349 g/mol. The van der Waals surface area contributed by atoms with Gasteiger partial charge in [-0.3, -0.25) is 14.5 Å². The van der Waals surface area contributed by atoms with Gasteiger partial charge < -0.3 is 9.84 Å². The first-order chi connectivity index (χ1) is 11.6. The lowest BCUT2D eigenvalue weighted by Gasteiger charge is -2.19. The Hall–Kier alpha value is -1.69. The van der Waals surface area contributed by atoms with Crippen LogP contribution in [0.4, 0.5) is 0 Å². The number of likely N-dealkylation sites (tertiary alicyclic amines) is 1. The smallest absolute Gasteiger partial charge is 0.233 e. The molecule has 24 heavy (non-hydrogen) atoms. The molecule has 0 spiro atoms. The molecular formula is C18H20ClNO4. The van der Waals surface area contributed by atoms with Crippen LogP contribution in [-0.4, -0.2) is 41.1 Å². The van der Waals surface area contributed by atoms with E-state index in [1.54, 1.807) is 12.1 Å². The van der Waals surface area contributed by atoms with E-state index in [4.69, 9.17) is 16.3 Å². The summed E-state index contributed by atoms with van der Waals surface area (Å²) in [6.07, 6.45) is 4.21. The molecule has 1 heterocycles. The normalized spacial score (nSPS) is 24.3. The van der Waals surface area contributed by atoms with Crippen molar-refractivity contribution >= 4 is 23.4 Å². The van der Waals surface area contributed by atoms with Crippen LogP contribution in [0, 0.1) is 11.8 Å². The van der Waals surface area contributed by atoms with Crippen molar-refractivity contribution in [2.75, 3.05) is 13.2 Å². The van der Waals surface area contributed by atoms with Gasteiger partial charge in [0.2, 0.25) is 11.8 Å². The second-order valence-corrected chi connectivity index (χ2v) is 6.67. The summed E-state index contributed by atoms with van der Waals surface area (Å²) >= 11 is 5.82. The van der Waals surface area contributed by atoms with E-state index in [-0.39, 0.29) is 36.8 Å². The Morgan fingerprint density at radius 1 is 1.12 bits per heavy atom. The fourth-order valence-corrected chi connectivity index (χ4v) is 3.33. The molecule has 1 aliphatic heterocycles. The third-order valence-corrected chi connectivity index (χ3v) is 4.74. The summed E-state index contributed by atoms with van der Waals surface area (Å²) < 4.78 is 5.47. The Bertz CT molecular complexity index is 617. The quantitative estimate of drug-likeness (QED) is 0.631. The molecule has 1 aliphatic carbocycles. The zero-order valence-corrected chi connectivity index (χ0v) is 14.0. The topological polar surface area (TPSA) is 66.8 Å². The van der Waals surface area contributed by atoms with E-state index in [1.807, 2.05) is 24.3 Å². The van der Waals surface area contributed by atoms with Gasteiger partial charge >= 0.3 is 0 Å². The Morgan fingerprint density at radius 2 is 1.71 bits per heavy atom. The van der Waals surface area contributed by atoms with Crippen molar-refractivity contribution in [2.45, 2.75) is 25.6 Å². The summed E-state index contributed by atoms with van der Waals surface area (Å²) in [5, 5.41) is 10.7. The number of carbonyl (C=O) groups is 2. The maximum atomic E-state index is 12.3. The van der Waals surface area contributed by atoms with Crippen LogP contribution in [0.25, 0.3) is 0 Å². The van der Waals surface area contributed by atoms with Crippen LogP contribution in [0.5, 0.6) is 0 Å². The molecular weight excluding hydrogens is 330 g/mol. The van der Waals surface area contributed by atoms with Gasteiger partial charge in [0.1, 0.15) is 0 Å². The summed E-state index contributed by atoms with van der Waals surface area (Å²) in [6, 6.07) is 7.24. The molecule has 2 amide bonds. The van der Waals surface area contributed by atoms with E-state index in [0.29, 0.717) is 24.5 Å². The summed E-state index contributed by atoms with van der Waals surface area (Å²) in [4.78, 5) is 25.8. The standard InChI is InChI=1S/C18H20ClNO4/c19-13-7-5-12(6-8-13)10-24-11-14(21)9-20-17(22)15-3-1-2-4-16(15)18(20)23/h1-2,5-8,14-16,21H,3-4,9-11H2/t14-,15-,16+/m0/s1. The fraction of sp³-hybridized carbons (Fsp3) is 0.444. The van der Waals surface area contributed by atoms with Crippen LogP contribution in [0.15, 0.2) is 36.4 Å². The summed E-state index contributed by atoms with van der Waals surface area (Å²) in [5.41, 5.74) is 0.942. The fourth-order valence-electron chi connectivity index (χ4n) is 3.21. The number of aliphatic hydroxyl groups excluding tert-OH is 1. The number of hydrogen-bond acceptors (Lipinski definition) is 4. The van der Waals surface area contributed by atoms with Crippen LogP contribution in [0.1, 0.15) is 18.4 Å². The van der Waals surface area contributed by atoms with Crippen molar-refractivity contribution in [1.82, 2.24) is 4.90 Å². The minimum absolute atomic E-state index is 0.00865. The van der Waals surface area contributed by atoms with Gasteiger partial charge in [0.15, 0.2) is 0 Å². The first-order valence-corrected chi connectivity index (χ1v) is 8.44. The van der Waals surface area contributed by atoms with E-state index >= 15 is 0 Å². The van der Waals surface area contributed by atoms with Gasteiger partial charge in [-0.1, -0.05) is 35.9 Å². The first kappa shape index (κ1) is 17.1. The number of fused-ring (bicyclic) bond motifs is 1. The zero-order chi connectivity index (χ0) is 17.1. The second kappa shape index (κ2) is 7.47. The molecule has 128 valence electrons. The molecule has 1 aromatic carbocycles. The van der Waals surface area contributed by atoms with E-state index in [2.05, 4.69) is 0 Å². The van der Waals surface area contributed by atoms with E-state index in [0.717, 1.165) is 5.56 Å².